The van der Waals surface area contributed by atoms with Gasteiger partial charge in [-0.1, -0.05) is 6.07 Å². The van der Waals surface area contributed by atoms with Crippen molar-refractivity contribution < 1.29 is 22.6 Å². The van der Waals surface area contributed by atoms with Crippen LogP contribution in [0.2, 0.25) is 0 Å². The van der Waals surface area contributed by atoms with Gasteiger partial charge in [-0.15, -0.1) is 24.0 Å². The molecule has 1 atom stereocenters. The summed E-state index contributed by atoms with van der Waals surface area (Å²) in [5.41, 5.74) is 0.496. The average Bonchev–Trinajstić information content (AvgIpc) is 3.11. The van der Waals surface area contributed by atoms with Crippen molar-refractivity contribution in [1.82, 2.24) is 30.4 Å². The van der Waals surface area contributed by atoms with Gasteiger partial charge in [0.1, 0.15) is 12.4 Å². The van der Waals surface area contributed by atoms with Crippen molar-refractivity contribution in [2.24, 2.45) is 4.99 Å². The lowest BCUT2D eigenvalue weighted by atomic mass is 10.1. The van der Waals surface area contributed by atoms with Gasteiger partial charge < -0.3 is 20.1 Å². The van der Waals surface area contributed by atoms with Crippen LogP contribution in [0.1, 0.15) is 23.6 Å². The van der Waals surface area contributed by atoms with Gasteiger partial charge in [0.15, 0.2) is 18.4 Å². The minimum Gasteiger partial charge on any atom is -0.468 e. The summed E-state index contributed by atoms with van der Waals surface area (Å²) >= 11 is 0. The quantitative estimate of drug-likeness (QED) is 0.307. The maximum absolute atomic E-state index is 12.4. The summed E-state index contributed by atoms with van der Waals surface area (Å²) in [5.74, 6) is 2.03. The summed E-state index contributed by atoms with van der Waals surface area (Å²) in [5, 5.41) is 10.8. The van der Waals surface area contributed by atoms with Crippen molar-refractivity contribution in [3.8, 4) is 5.88 Å². The van der Waals surface area contributed by atoms with Gasteiger partial charge in [0, 0.05) is 44.9 Å². The molecule has 1 aliphatic rings. The molecule has 1 unspecified atom stereocenters. The van der Waals surface area contributed by atoms with Gasteiger partial charge in [-0.2, -0.15) is 18.3 Å². The third-order valence-electron chi connectivity index (χ3n) is 4.41. The van der Waals surface area contributed by atoms with Crippen LogP contribution in [0, 0.1) is 0 Å². The Morgan fingerprint density at radius 2 is 2.19 bits per heavy atom. The van der Waals surface area contributed by atoms with Crippen LogP contribution in [0.25, 0.3) is 0 Å². The van der Waals surface area contributed by atoms with Gasteiger partial charge in [-0.3, -0.25) is 4.99 Å². The van der Waals surface area contributed by atoms with Gasteiger partial charge in [-0.05, 0) is 12.5 Å². The van der Waals surface area contributed by atoms with Crippen LogP contribution in [0.3, 0.4) is 0 Å². The van der Waals surface area contributed by atoms with Crippen LogP contribution in [0.5, 0.6) is 5.88 Å². The molecule has 9 nitrogen and oxygen atoms in total. The number of ether oxygens (including phenoxy) is 2. The van der Waals surface area contributed by atoms with Crippen molar-refractivity contribution in [3.05, 3.63) is 35.5 Å². The van der Waals surface area contributed by atoms with Crippen molar-refractivity contribution in [1.29, 1.82) is 0 Å². The van der Waals surface area contributed by atoms with Gasteiger partial charge in [-0.25, -0.2) is 14.6 Å². The largest absolute Gasteiger partial charge is 0.468 e. The lowest BCUT2D eigenvalue weighted by Gasteiger charge is -2.25. The van der Waals surface area contributed by atoms with E-state index in [0.29, 0.717) is 30.5 Å². The SMILES string of the molecule is CN=C(NCc1cccnc1OCC(F)(F)F)NC1CCc2nc(COC)nn2C1.I. The fourth-order valence-electron chi connectivity index (χ4n) is 3.07. The number of aryl methyl sites for hydroxylation is 1. The van der Waals surface area contributed by atoms with E-state index in [0.717, 1.165) is 18.7 Å². The second-order valence-electron chi connectivity index (χ2n) is 6.74. The summed E-state index contributed by atoms with van der Waals surface area (Å²) in [4.78, 5) is 12.5. The van der Waals surface area contributed by atoms with E-state index in [1.807, 2.05) is 4.68 Å². The van der Waals surface area contributed by atoms with Gasteiger partial charge in [0.25, 0.3) is 0 Å². The molecule has 0 amide bonds. The van der Waals surface area contributed by atoms with Crippen LogP contribution in [0.4, 0.5) is 13.2 Å². The Hall–Kier alpha value is -2.16. The number of hydrogen-bond donors (Lipinski definition) is 2. The zero-order chi connectivity index (χ0) is 21.6. The van der Waals surface area contributed by atoms with Gasteiger partial charge >= 0.3 is 6.18 Å². The zero-order valence-electron chi connectivity index (χ0n) is 17.1. The topological polar surface area (TPSA) is 98.5 Å². The smallest absolute Gasteiger partial charge is 0.422 e. The van der Waals surface area contributed by atoms with E-state index >= 15 is 0 Å². The number of hydrogen-bond acceptors (Lipinski definition) is 6. The fraction of sp³-hybridized carbons (Fsp3) is 0.556. The first kappa shape index (κ1) is 25.1. The monoisotopic (exact) mass is 555 g/mol. The minimum absolute atomic E-state index is 0. The van der Waals surface area contributed by atoms with Crippen LogP contribution in [0.15, 0.2) is 23.3 Å². The molecule has 0 aliphatic carbocycles. The highest BCUT2D eigenvalue weighted by Crippen LogP contribution is 2.20. The number of nitrogens with zero attached hydrogens (tertiary/aromatic N) is 5. The Balaban J connectivity index is 0.00000341. The highest BCUT2D eigenvalue weighted by atomic mass is 127. The van der Waals surface area contributed by atoms with E-state index in [-0.39, 0.29) is 42.4 Å². The van der Waals surface area contributed by atoms with E-state index in [4.69, 9.17) is 9.47 Å². The second-order valence-corrected chi connectivity index (χ2v) is 6.74. The third kappa shape index (κ3) is 7.48. The molecule has 0 bridgehead atoms. The third-order valence-corrected chi connectivity index (χ3v) is 4.41. The average molecular weight is 555 g/mol. The second kappa shape index (κ2) is 11.5. The maximum Gasteiger partial charge on any atom is 0.422 e. The number of aliphatic imine (C=N–C) groups is 1. The van der Waals surface area contributed by atoms with Crippen LogP contribution < -0.4 is 15.4 Å². The lowest BCUT2D eigenvalue weighted by molar-refractivity contribution is -0.154. The molecule has 1 aliphatic heterocycles. The highest BCUT2D eigenvalue weighted by molar-refractivity contribution is 14.0. The molecule has 172 valence electrons. The predicted octanol–water partition coefficient (Wildman–Crippen LogP) is 2.06. The molecule has 0 spiro atoms. The number of halogens is 4. The summed E-state index contributed by atoms with van der Waals surface area (Å²) in [6, 6.07) is 3.37. The molecule has 0 radical (unpaired) electrons. The fourth-order valence-corrected chi connectivity index (χ4v) is 3.07. The highest BCUT2D eigenvalue weighted by Gasteiger charge is 2.29. The minimum atomic E-state index is -4.43. The first-order chi connectivity index (χ1) is 14.4. The van der Waals surface area contributed by atoms with Crippen molar-refractivity contribution in [3.63, 3.8) is 0 Å². The molecule has 0 saturated heterocycles. The molecular formula is C18H25F3IN7O2. The van der Waals surface area contributed by atoms with Crippen LogP contribution >= 0.6 is 24.0 Å². The normalized spacial score (nSPS) is 16.3. The number of nitrogens with one attached hydrogen (secondary N) is 2. The molecule has 0 aromatic carbocycles. The van der Waals surface area contributed by atoms with Gasteiger partial charge in [0.05, 0.1) is 6.54 Å². The first-order valence-corrected chi connectivity index (χ1v) is 9.40. The molecule has 0 fully saturated rings. The Morgan fingerprint density at radius 3 is 2.90 bits per heavy atom. The summed E-state index contributed by atoms with van der Waals surface area (Å²) < 4.78 is 49.0. The number of alkyl halides is 3. The maximum atomic E-state index is 12.4. The van der Waals surface area contributed by atoms with E-state index < -0.39 is 12.8 Å². The lowest BCUT2D eigenvalue weighted by Crippen LogP contribution is -2.46. The summed E-state index contributed by atoms with van der Waals surface area (Å²) in [7, 11) is 3.22. The number of fused-ring (bicyclic) bond motifs is 1. The zero-order valence-corrected chi connectivity index (χ0v) is 19.5. The number of pyridine rings is 1. The van der Waals surface area contributed by atoms with Crippen molar-refractivity contribution in [2.45, 2.75) is 44.8 Å². The molecule has 31 heavy (non-hydrogen) atoms. The molecule has 3 heterocycles. The molecule has 2 aromatic rings. The summed E-state index contributed by atoms with van der Waals surface area (Å²) in [6.07, 6.45) is -1.43. The van der Waals surface area contributed by atoms with Gasteiger partial charge in [0.2, 0.25) is 5.88 Å². The van der Waals surface area contributed by atoms with Crippen LogP contribution in [-0.2, 0) is 30.9 Å². The Bertz CT molecular complexity index is 876. The van der Waals surface area contributed by atoms with E-state index in [1.165, 1.54) is 6.20 Å². The predicted molar refractivity (Wildman–Crippen MR) is 117 cm³/mol. The van der Waals surface area contributed by atoms with Crippen LogP contribution in [-0.4, -0.2) is 58.7 Å². The molecule has 3 rings (SSSR count). The first-order valence-electron chi connectivity index (χ1n) is 9.40. The van der Waals surface area contributed by atoms with Crippen molar-refractivity contribution >= 4 is 29.9 Å². The van der Waals surface area contributed by atoms with E-state index in [9.17, 15) is 13.2 Å². The Morgan fingerprint density at radius 1 is 1.39 bits per heavy atom. The standard InChI is InChI=1S/C18H24F3N7O2.HI/c1-22-17(24-8-12-4-3-7-23-16(12)30-11-18(19,20)21)25-13-5-6-15-26-14(10-29-2)27-28(15)9-13;/h3-4,7,13H,5-6,8-11H2,1-2H3,(H2,22,24,25);1H. The van der Waals surface area contributed by atoms with Crippen molar-refractivity contribution in [2.75, 3.05) is 20.8 Å². The molecule has 2 N–H and O–H groups in total. The number of aromatic nitrogens is 4. The summed E-state index contributed by atoms with van der Waals surface area (Å²) in [6.45, 7) is -0.192. The molecule has 13 heteroatoms. The molecular weight excluding hydrogens is 530 g/mol. The van der Waals surface area contributed by atoms with E-state index in [1.54, 1.807) is 26.3 Å². The Kier molecular flexibility index (Phi) is 9.28. The van der Waals surface area contributed by atoms with E-state index in [2.05, 4.69) is 30.7 Å². The Labute approximate surface area is 194 Å². The molecule has 0 saturated carbocycles. The number of methoxy groups -OCH3 is 1. The molecule has 2 aromatic heterocycles. The number of rotatable bonds is 7. The number of guanidine groups is 1.